The molecule has 0 aliphatic carbocycles. The third kappa shape index (κ3) is 1.95. The Balaban J connectivity index is 2.03. The molecule has 0 amide bonds. The topological polar surface area (TPSA) is 30.5 Å². The smallest absolute Gasteiger partial charge is 0.171 e. The van der Waals surface area contributed by atoms with E-state index in [9.17, 15) is 0 Å². The Labute approximate surface area is 86.2 Å². The van der Waals surface area contributed by atoms with Crippen molar-refractivity contribution in [3.8, 4) is 0 Å². The van der Waals surface area contributed by atoms with Crippen LogP contribution in [0.5, 0.6) is 0 Å². The quantitative estimate of drug-likeness (QED) is 0.734. The Morgan fingerprint density at radius 1 is 1.07 bits per heavy atom. The molecule has 2 aliphatic heterocycles. The summed E-state index contributed by atoms with van der Waals surface area (Å²) in [6, 6.07) is 1.12. The summed E-state index contributed by atoms with van der Waals surface area (Å²) in [6.07, 6.45) is 4.34. The first kappa shape index (κ1) is 10.4. The molecule has 2 rings (SSSR count). The van der Waals surface area contributed by atoms with Gasteiger partial charge in [0.15, 0.2) is 5.79 Å². The van der Waals surface area contributed by atoms with Crippen LogP contribution in [-0.2, 0) is 9.47 Å². The third-order valence-electron chi connectivity index (χ3n) is 3.39. The van der Waals surface area contributed by atoms with E-state index >= 15 is 0 Å². The lowest BCUT2D eigenvalue weighted by molar-refractivity contribution is -0.188. The Hall–Kier alpha value is -0.120. The summed E-state index contributed by atoms with van der Waals surface area (Å²) < 4.78 is 11.6. The van der Waals surface area contributed by atoms with Gasteiger partial charge in [0.05, 0.1) is 13.2 Å². The lowest BCUT2D eigenvalue weighted by Gasteiger charge is -2.41. The normalized spacial score (nSPS) is 36.4. The molecule has 0 bridgehead atoms. The lowest BCUT2D eigenvalue weighted by Crippen LogP contribution is -2.53. The van der Waals surface area contributed by atoms with Crippen LogP contribution in [0.3, 0.4) is 0 Å². The molecule has 14 heavy (non-hydrogen) atoms. The first-order chi connectivity index (χ1) is 6.78. The maximum absolute atomic E-state index is 5.78. The zero-order chi connectivity index (χ0) is 10.0. The van der Waals surface area contributed by atoms with Crippen molar-refractivity contribution in [1.29, 1.82) is 0 Å². The van der Waals surface area contributed by atoms with Crippen molar-refractivity contribution in [3.63, 3.8) is 0 Å². The summed E-state index contributed by atoms with van der Waals surface area (Å²) in [4.78, 5) is 0. The zero-order valence-corrected chi connectivity index (χ0v) is 9.21. The first-order valence-corrected chi connectivity index (χ1v) is 5.82. The molecule has 2 heterocycles. The van der Waals surface area contributed by atoms with Gasteiger partial charge in [-0.25, -0.2) is 0 Å². The molecule has 3 heteroatoms. The highest BCUT2D eigenvalue weighted by Gasteiger charge is 2.43. The summed E-state index contributed by atoms with van der Waals surface area (Å²) in [5, 5.41) is 3.64. The average molecular weight is 199 g/mol. The second kappa shape index (κ2) is 4.17. The standard InChI is InChI=1S/C11H21NO2/c1-3-9-7-11(13-5-6-14-11)8-10(4-2)12-9/h9-10,12H,3-8H2,1-2H3/t9-,10-/m0/s1. The zero-order valence-electron chi connectivity index (χ0n) is 9.21. The van der Waals surface area contributed by atoms with Crippen LogP contribution in [0.25, 0.3) is 0 Å². The molecule has 0 aromatic carbocycles. The van der Waals surface area contributed by atoms with E-state index in [1.807, 2.05) is 0 Å². The highest BCUT2D eigenvalue weighted by molar-refractivity contribution is 4.91. The molecule has 3 nitrogen and oxygen atoms in total. The van der Waals surface area contributed by atoms with Crippen LogP contribution in [0.4, 0.5) is 0 Å². The van der Waals surface area contributed by atoms with Crippen molar-refractivity contribution in [2.45, 2.75) is 57.4 Å². The maximum atomic E-state index is 5.78. The molecule has 2 saturated heterocycles. The van der Waals surface area contributed by atoms with Crippen LogP contribution >= 0.6 is 0 Å². The van der Waals surface area contributed by atoms with E-state index in [1.54, 1.807) is 0 Å². The van der Waals surface area contributed by atoms with E-state index in [-0.39, 0.29) is 5.79 Å². The molecule has 2 aliphatic rings. The third-order valence-corrected chi connectivity index (χ3v) is 3.39. The predicted molar refractivity (Wildman–Crippen MR) is 55.2 cm³/mol. The molecule has 0 radical (unpaired) electrons. The van der Waals surface area contributed by atoms with Gasteiger partial charge in [0, 0.05) is 24.9 Å². The lowest BCUT2D eigenvalue weighted by atomic mass is 9.90. The summed E-state index contributed by atoms with van der Waals surface area (Å²) in [5.41, 5.74) is 0. The van der Waals surface area contributed by atoms with Gasteiger partial charge in [0.1, 0.15) is 0 Å². The SMILES string of the molecule is CC[C@H]1CC2(C[C@H](CC)N1)OCCO2. The Bertz CT molecular complexity index is 176. The van der Waals surface area contributed by atoms with E-state index in [1.165, 1.54) is 0 Å². The van der Waals surface area contributed by atoms with Crippen LogP contribution in [0.2, 0.25) is 0 Å². The van der Waals surface area contributed by atoms with Crippen molar-refractivity contribution in [2.24, 2.45) is 0 Å². The predicted octanol–water partition coefficient (Wildman–Crippen LogP) is 1.67. The average Bonchev–Trinajstić information content (AvgIpc) is 2.65. The maximum Gasteiger partial charge on any atom is 0.171 e. The summed E-state index contributed by atoms with van der Waals surface area (Å²) in [7, 11) is 0. The highest BCUT2D eigenvalue weighted by Crippen LogP contribution is 2.34. The Morgan fingerprint density at radius 3 is 2.00 bits per heavy atom. The van der Waals surface area contributed by atoms with E-state index in [0.717, 1.165) is 38.9 Å². The highest BCUT2D eigenvalue weighted by atomic mass is 16.7. The molecule has 0 aromatic heterocycles. The second-order valence-electron chi connectivity index (χ2n) is 4.39. The van der Waals surface area contributed by atoms with E-state index < -0.39 is 0 Å². The van der Waals surface area contributed by atoms with Crippen LogP contribution in [0.1, 0.15) is 39.5 Å². The van der Waals surface area contributed by atoms with Crippen LogP contribution in [0.15, 0.2) is 0 Å². The fourth-order valence-corrected chi connectivity index (χ4v) is 2.54. The van der Waals surface area contributed by atoms with Crippen molar-refractivity contribution in [2.75, 3.05) is 13.2 Å². The van der Waals surface area contributed by atoms with Gasteiger partial charge >= 0.3 is 0 Å². The van der Waals surface area contributed by atoms with E-state index in [0.29, 0.717) is 12.1 Å². The number of nitrogens with one attached hydrogen (secondary N) is 1. The largest absolute Gasteiger partial charge is 0.347 e. The molecule has 0 saturated carbocycles. The van der Waals surface area contributed by atoms with Gasteiger partial charge in [0.25, 0.3) is 0 Å². The molecule has 2 atom stereocenters. The number of hydrogen-bond donors (Lipinski definition) is 1. The van der Waals surface area contributed by atoms with Crippen molar-refractivity contribution in [3.05, 3.63) is 0 Å². The molecular weight excluding hydrogens is 178 g/mol. The molecule has 1 N–H and O–H groups in total. The Morgan fingerprint density at radius 2 is 1.57 bits per heavy atom. The molecular formula is C11H21NO2. The van der Waals surface area contributed by atoms with Gasteiger partial charge < -0.3 is 14.8 Å². The monoisotopic (exact) mass is 199 g/mol. The second-order valence-corrected chi connectivity index (χ2v) is 4.39. The van der Waals surface area contributed by atoms with Gasteiger partial charge in [-0.3, -0.25) is 0 Å². The van der Waals surface area contributed by atoms with Crippen molar-refractivity contribution < 1.29 is 9.47 Å². The minimum atomic E-state index is -0.243. The number of piperidine rings is 1. The van der Waals surface area contributed by atoms with Gasteiger partial charge in [-0.2, -0.15) is 0 Å². The first-order valence-electron chi connectivity index (χ1n) is 5.82. The summed E-state index contributed by atoms with van der Waals surface area (Å²) >= 11 is 0. The van der Waals surface area contributed by atoms with Crippen molar-refractivity contribution >= 4 is 0 Å². The minimum Gasteiger partial charge on any atom is -0.347 e. The summed E-state index contributed by atoms with van der Waals surface area (Å²) in [5.74, 6) is -0.243. The van der Waals surface area contributed by atoms with Gasteiger partial charge in [0.2, 0.25) is 0 Å². The minimum absolute atomic E-state index is 0.243. The van der Waals surface area contributed by atoms with Gasteiger partial charge in [-0.05, 0) is 12.8 Å². The molecule has 2 fully saturated rings. The Kier molecular flexibility index (Phi) is 3.10. The number of rotatable bonds is 2. The number of hydrogen-bond acceptors (Lipinski definition) is 3. The fourth-order valence-electron chi connectivity index (χ4n) is 2.54. The van der Waals surface area contributed by atoms with E-state index in [2.05, 4.69) is 19.2 Å². The van der Waals surface area contributed by atoms with Crippen LogP contribution in [0, 0.1) is 0 Å². The van der Waals surface area contributed by atoms with E-state index in [4.69, 9.17) is 9.47 Å². The number of ether oxygens (including phenoxy) is 2. The fraction of sp³-hybridized carbons (Fsp3) is 1.00. The van der Waals surface area contributed by atoms with Gasteiger partial charge in [-0.15, -0.1) is 0 Å². The molecule has 1 spiro atoms. The van der Waals surface area contributed by atoms with Crippen molar-refractivity contribution in [1.82, 2.24) is 5.32 Å². The van der Waals surface area contributed by atoms with Crippen LogP contribution in [-0.4, -0.2) is 31.1 Å². The molecule has 0 unspecified atom stereocenters. The molecule has 82 valence electrons. The van der Waals surface area contributed by atoms with Gasteiger partial charge in [-0.1, -0.05) is 13.8 Å². The summed E-state index contributed by atoms with van der Waals surface area (Å²) in [6.45, 7) is 5.98. The molecule has 0 aromatic rings. The van der Waals surface area contributed by atoms with Crippen LogP contribution < -0.4 is 5.32 Å².